The van der Waals surface area contributed by atoms with Crippen LogP contribution in [0.1, 0.15) is 22.5 Å². The quantitative estimate of drug-likeness (QED) is 0.497. The van der Waals surface area contributed by atoms with E-state index in [4.69, 9.17) is 11.6 Å². The lowest BCUT2D eigenvalue weighted by Crippen LogP contribution is -2.56. The number of piperidine rings is 1. The molecule has 2 saturated heterocycles. The molecule has 6 rings (SSSR count). The van der Waals surface area contributed by atoms with E-state index in [1.807, 2.05) is 39.6 Å². The molecule has 6 heterocycles. The van der Waals surface area contributed by atoms with Crippen LogP contribution in [-0.2, 0) is 0 Å². The van der Waals surface area contributed by atoms with E-state index in [2.05, 4.69) is 25.0 Å². The number of hydrogen-bond donors (Lipinski definition) is 1. The van der Waals surface area contributed by atoms with Gasteiger partial charge in [-0.1, -0.05) is 11.6 Å². The molecule has 0 atom stereocenters. The zero-order valence-corrected chi connectivity index (χ0v) is 18.8. The fourth-order valence-corrected chi connectivity index (χ4v) is 5.67. The number of nitrogens with one attached hydrogen (secondary N) is 1. The summed E-state index contributed by atoms with van der Waals surface area (Å²) in [6.45, 7) is 3.35. The van der Waals surface area contributed by atoms with Crippen LogP contribution in [0, 0.1) is 6.04 Å². The number of halogens is 1. The molecule has 1 amide bonds. The molecule has 8 nitrogen and oxygen atoms in total. The predicted octanol–water partition coefficient (Wildman–Crippen LogP) is 3.54. The van der Waals surface area contributed by atoms with Crippen molar-refractivity contribution < 1.29 is 4.79 Å². The lowest BCUT2D eigenvalue weighted by atomic mass is 9.97. The Morgan fingerprint density at radius 3 is 2.81 bits per heavy atom. The summed E-state index contributed by atoms with van der Waals surface area (Å²) in [5, 5.41) is 8.00. The topological polar surface area (TPSA) is 82.9 Å². The zero-order chi connectivity index (χ0) is 21.7. The number of thiophene rings is 1. The van der Waals surface area contributed by atoms with Crippen molar-refractivity contribution in [1.82, 2.24) is 34.5 Å². The minimum Gasteiger partial charge on any atom is -0.346 e. The fraction of sp³-hybridized carbons (Fsp3) is 0.318. The van der Waals surface area contributed by atoms with Crippen molar-refractivity contribution >= 4 is 39.9 Å². The molecule has 2 aliphatic heterocycles. The number of aromatic nitrogens is 5. The van der Waals surface area contributed by atoms with Crippen molar-refractivity contribution in [3.8, 4) is 11.3 Å². The number of rotatable bonds is 4. The Bertz CT molecular complexity index is 1270. The van der Waals surface area contributed by atoms with Crippen molar-refractivity contribution in [2.75, 3.05) is 26.2 Å². The maximum absolute atomic E-state index is 12.7. The maximum Gasteiger partial charge on any atom is 0.265 e. The first-order valence-electron chi connectivity index (χ1n) is 10.6. The summed E-state index contributed by atoms with van der Waals surface area (Å²) < 4.78 is 1.98. The lowest BCUT2D eigenvalue weighted by molar-refractivity contribution is 0.0518. The highest BCUT2D eigenvalue weighted by molar-refractivity contribution is 7.12. The van der Waals surface area contributed by atoms with Gasteiger partial charge in [0.05, 0.1) is 16.9 Å². The highest BCUT2D eigenvalue weighted by atomic mass is 35.5. The largest absolute Gasteiger partial charge is 0.346 e. The summed E-state index contributed by atoms with van der Waals surface area (Å²) in [7, 11) is 0. The number of H-pyrrole nitrogens is 1. The van der Waals surface area contributed by atoms with Gasteiger partial charge in [-0.05, 0) is 30.4 Å². The first kappa shape index (κ1) is 19.9. The SMILES string of the molecule is O=C(c1sccc1Cl)N1CCC(N2C[C](n3cc(-c4ncnc5[nH]ccc45)cn3)C2)CC1. The highest BCUT2D eigenvalue weighted by Crippen LogP contribution is 2.31. The monoisotopic (exact) mass is 466 g/mol. The number of hydrogen-bond acceptors (Lipinski definition) is 6. The third-order valence-corrected chi connectivity index (χ3v) is 7.71. The van der Waals surface area contributed by atoms with Crippen LogP contribution < -0.4 is 0 Å². The van der Waals surface area contributed by atoms with Gasteiger partial charge in [0.25, 0.3) is 5.91 Å². The fourth-order valence-electron chi connectivity index (χ4n) is 4.57. The van der Waals surface area contributed by atoms with E-state index in [0.29, 0.717) is 15.9 Å². The van der Waals surface area contributed by atoms with Crippen LogP contribution in [0.5, 0.6) is 0 Å². The number of carbonyl (C=O) groups is 1. The molecule has 32 heavy (non-hydrogen) atoms. The first-order chi connectivity index (χ1) is 15.7. The smallest absolute Gasteiger partial charge is 0.265 e. The van der Waals surface area contributed by atoms with E-state index in [1.165, 1.54) is 17.4 Å². The normalized spacial score (nSPS) is 18.3. The van der Waals surface area contributed by atoms with E-state index in [1.54, 1.807) is 12.4 Å². The predicted molar refractivity (Wildman–Crippen MR) is 124 cm³/mol. The third kappa shape index (κ3) is 3.41. The molecular formula is C22H21ClN7OS. The average molecular weight is 467 g/mol. The van der Waals surface area contributed by atoms with Gasteiger partial charge in [0, 0.05) is 55.6 Å². The molecule has 0 saturated carbocycles. The van der Waals surface area contributed by atoms with Gasteiger partial charge in [-0.25, -0.2) is 9.97 Å². The van der Waals surface area contributed by atoms with Gasteiger partial charge in [-0.2, -0.15) is 5.10 Å². The van der Waals surface area contributed by atoms with Gasteiger partial charge in [0.2, 0.25) is 0 Å². The lowest BCUT2D eigenvalue weighted by Gasteiger charge is -2.46. The second kappa shape index (κ2) is 7.99. The van der Waals surface area contributed by atoms with Crippen LogP contribution in [0.4, 0.5) is 0 Å². The molecule has 0 bridgehead atoms. The molecule has 4 aromatic rings. The molecular weight excluding hydrogens is 446 g/mol. The Kier molecular flexibility index (Phi) is 4.97. The molecule has 0 aliphatic carbocycles. The molecule has 1 radical (unpaired) electrons. The molecule has 2 fully saturated rings. The summed E-state index contributed by atoms with van der Waals surface area (Å²) >= 11 is 7.55. The average Bonchev–Trinajstić information content (AvgIpc) is 3.53. The highest BCUT2D eigenvalue weighted by Gasteiger charge is 2.37. The summed E-state index contributed by atoms with van der Waals surface area (Å²) in [6.07, 6.45) is 9.34. The first-order valence-corrected chi connectivity index (χ1v) is 11.9. The number of likely N-dealkylation sites (tertiary alicyclic amines) is 2. The summed E-state index contributed by atoms with van der Waals surface area (Å²) in [5.41, 5.74) is 2.71. The van der Waals surface area contributed by atoms with Crippen LogP contribution in [0.3, 0.4) is 0 Å². The van der Waals surface area contributed by atoms with Crippen molar-refractivity contribution in [2.45, 2.75) is 18.9 Å². The van der Waals surface area contributed by atoms with Gasteiger partial charge >= 0.3 is 0 Å². The second-order valence-corrected chi connectivity index (χ2v) is 9.55. The standard InChI is InChI=1S/C22H21ClN7OS/c23-18-4-8-32-20(18)22(31)28-6-2-15(3-7-28)29-11-16(12-29)30-10-14(9-27-30)19-17-1-5-24-21(17)26-13-25-19/h1,4-5,8-10,13,15H,2-3,6-7,11-12H2,(H,24,25,26). The number of carbonyl (C=O) groups excluding carboxylic acids is 1. The Hall–Kier alpha value is -2.75. The van der Waals surface area contributed by atoms with Crippen LogP contribution in [-0.4, -0.2) is 72.7 Å². The molecule has 0 aromatic carbocycles. The van der Waals surface area contributed by atoms with E-state index >= 15 is 0 Å². The van der Waals surface area contributed by atoms with E-state index in [0.717, 1.165) is 61.3 Å². The van der Waals surface area contributed by atoms with Crippen LogP contribution in [0.25, 0.3) is 22.3 Å². The van der Waals surface area contributed by atoms with Crippen molar-refractivity contribution in [1.29, 1.82) is 0 Å². The minimum atomic E-state index is 0.0598. The Morgan fingerprint density at radius 2 is 2.03 bits per heavy atom. The summed E-state index contributed by atoms with van der Waals surface area (Å²) in [6, 6.07) is 5.55. The third-order valence-electron chi connectivity index (χ3n) is 6.38. The number of fused-ring (bicyclic) bond motifs is 1. The van der Waals surface area contributed by atoms with E-state index in [9.17, 15) is 4.79 Å². The maximum atomic E-state index is 12.7. The van der Waals surface area contributed by atoms with Gasteiger partial charge in [0.1, 0.15) is 22.9 Å². The van der Waals surface area contributed by atoms with Crippen LogP contribution >= 0.6 is 22.9 Å². The van der Waals surface area contributed by atoms with Gasteiger partial charge in [-0.15, -0.1) is 11.3 Å². The summed E-state index contributed by atoms with van der Waals surface area (Å²) in [5.74, 6) is 0.0598. The van der Waals surface area contributed by atoms with Crippen LogP contribution in [0.2, 0.25) is 5.02 Å². The molecule has 4 aromatic heterocycles. The molecule has 10 heteroatoms. The van der Waals surface area contributed by atoms with Crippen molar-refractivity contribution in [2.24, 2.45) is 0 Å². The molecule has 0 spiro atoms. The Labute approximate surface area is 193 Å². The molecule has 2 aliphatic rings. The Morgan fingerprint density at radius 1 is 1.19 bits per heavy atom. The van der Waals surface area contributed by atoms with Crippen molar-refractivity contribution in [3.05, 3.63) is 58.4 Å². The van der Waals surface area contributed by atoms with Gasteiger partial charge < -0.3 is 9.88 Å². The zero-order valence-electron chi connectivity index (χ0n) is 17.2. The Balaban J connectivity index is 1.06. The van der Waals surface area contributed by atoms with Crippen molar-refractivity contribution in [3.63, 3.8) is 0 Å². The minimum absolute atomic E-state index is 0.0598. The van der Waals surface area contributed by atoms with Crippen LogP contribution in [0.15, 0.2) is 42.4 Å². The van der Waals surface area contributed by atoms with Gasteiger partial charge in [-0.3, -0.25) is 14.4 Å². The molecule has 163 valence electrons. The molecule has 0 unspecified atom stereocenters. The summed E-state index contributed by atoms with van der Waals surface area (Å²) in [4.78, 5) is 29.6. The second-order valence-electron chi connectivity index (χ2n) is 8.23. The number of aromatic amines is 1. The number of amides is 1. The van der Waals surface area contributed by atoms with E-state index < -0.39 is 0 Å². The van der Waals surface area contributed by atoms with Gasteiger partial charge in [0.15, 0.2) is 0 Å². The molecule has 1 N–H and O–H groups in total. The number of nitrogens with zero attached hydrogens (tertiary/aromatic N) is 6. The van der Waals surface area contributed by atoms with E-state index in [-0.39, 0.29) is 5.91 Å².